The summed E-state index contributed by atoms with van der Waals surface area (Å²) in [5.41, 5.74) is -0.0582. The Morgan fingerprint density at radius 3 is 2.21 bits per heavy atom. The van der Waals surface area contributed by atoms with Gasteiger partial charge in [0.1, 0.15) is 0 Å². The van der Waals surface area contributed by atoms with Crippen molar-refractivity contribution < 1.29 is 14.5 Å². The van der Waals surface area contributed by atoms with Crippen LogP contribution < -0.4 is 4.90 Å². The summed E-state index contributed by atoms with van der Waals surface area (Å²) in [7, 11) is 0. The van der Waals surface area contributed by atoms with E-state index in [4.69, 9.17) is 11.6 Å². The van der Waals surface area contributed by atoms with E-state index in [2.05, 4.69) is 12.2 Å². The number of anilines is 1. The molecular formula is C17H13ClN2O4. The van der Waals surface area contributed by atoms with E-state index in [1.807, 2.05) is 0 Å². The van der Waals surface area contributed by atoms with Crippen molar-refractivity contribution in [1.82, 2.24) is 0 Å². The number of imide groups is 1. The van der Waals surface area contributed by atoms with Gasteiger partial charge in [0.15, 0.2) is 0 Å². The zero-order chi connectivity index (χ0) is 16.7. The Balaban J connectivity index is 1.60. The third-order valence-electron chi connectivity index (χ3n) is 6.04. The summed E-state index contributed by atoms with van der Waals surface area (Å²) in [4.78, 5) is 37.5. The number of carbonyl (C=O) groups is 2. The molecule has 0 unspecified atom stereocenters. The fourth-order valence-corrected chi connectivity index (χ4v) is 5.18. The minimum atomic E-state index is -0.557. The number of nitro benzene ring substituents is 1. The van der Waals surface area contributed by atoms with Crippen LogP contribution in [0.25, 0.3) is 0 Å². The molecule has 6 atom stereocenters. The van der Waals surface area contributed by atoms with Crippen LogP contribution in [-0.4, -0.2) is 16.7 Å². The average molecular weight is 345 g/mol. The van der Waals surface area contributed by atoms with E-state index in [1.54, 1.807) is 0 Å². The quantitative estimate of drug-likeness (QED) is 0.357. The Morgan fingerprint density at radius 1 is 1.08 bits per heavy atom. The lowest BCUT2D eigenvalue weighted by Crippen LogP contribution is -2.40. The molecule has 0 aromatic heterocycles. The molecule has 1 saturated heterocycles. The molecule has 6 rings (SSSR count). The van der Waals surface area contributed by atoms with Crippen molar-refractivity contribution in [2.24, 2.45) is 35.5 Å². The highest BCUT2D eigenvalue weighted by Gasteiger charge is 2.67. The first-order chi connectivity index (χ1) is 11.5. The second kappa shape index (κ2) is 4.45. The Bertz CT molecular complexity index is 815. The molecule has 6 nitrogen and oxygen atoms in total. The zero-order valence-corrected chi connectivity index (χ0v) is 13.2. The molecule has 2 bridgehead atoms. The number of halogens is 1. The monoisotopic (exact) mass is 344 g/mol. The van der Waals surface area contributed by atoms with E-state index < -0.39 is 4.92 Å². The SMILES string of the molecule is O=C1[C@@H]2[C@H]3C=C[C@@H]([C@@H]4C[C@H]34)[C@H]2C(=O)N1c1cc([N+](=O)[O-])ccc1Cl. The van der Waals surface area contributed by atoms with Gasteiger partial charge in [-0.25, -0.2) is 4.90 Å². The van der Waals surface area contributed by atoms with E-state index in [1.165, 1.54) is 18.2 Å². The number of carbonyl (C=O) groups excluding carboxylic acids is 2. The van der Waals surface area contributed by atoms with Crippen molar-refractivity contribution in [1.29, 1.82) is 0 Å². The van der Waals surface area contributed by atoms with E-state index in [0.29, 0.717) is 11.8 Å². The van der Waals surface area contributed by atoms with Gasteiger partial charge in [0, 0.05) is 12.1 Å². The van der Waals surface area contributed by atoms with Gasteiger partial charge in [0.25, 0.3) is 5.69 Å². The van der Waals surface area contributed by atoms with Crippen LogP contribution in [-0.2, 0) is 9.59 Å². The van der Waals surface area contributed by atoms with Crippen LogP contribution in [0.3, 0.4) is 0 Å². The Kier molecular flexibility index (Phi) is 2.62. The Labute approximate surface area is 142 Å². The number of hydrogen-bond donors (Lipinski definition) is 0. The van der Waals surface area contributed by atoms with Crippen LogP contribution in [0, 0.1) is 45.6 Å². The summed E-state index contributed by atoms with van der Waals surface area (Å²) in [6, 6.07) is 3.85. The highest BCUT2D eigenvalue weighted by atomic mass is 35.5. The molecule has 1 heterocycles. The zero-order valence-electron chi connectivity index (χ0n) is 12.5. The minimum Gasteiger partial charge on any atom is -0.274 e. The summed E-state index contributed by atoms with van der Waals surface area (Å²) in [6.45, 7) is 0. The molecule has 0 spiro atoms. The fraction of sp³-hybridized carbons (Fsp3) is 0.412. The maximum Gasteiger partial charge on any atom is 0.271 e. The summed E-state index contributed by atoms with van der Waals surface area (Å²) in [5, 5.41) is 11.2. The number of nitrogens with zero attached hydrogens (tertiary/aromatic N) is 2. The number of allylic oxidation sites excluding steroid dienone is 2. The topological polar surface area (TPSA) is 80.5 Å². The molecule has 1 aromatic carbocycles. The second-order valence-corrected chi connectivity index (χ2v) is 7.47. The van der Waals surface area contributed by atoms with Crippen LogP contribution in [0.2, 0.25) is 5.02 Å². The number of amides is 2. The highest BCUT2D eigenvalue weighted by Crippen LogP contribution is 2.65. The van der Waals surface area contributed by atoms with Gasteiger partial charge in [0.05, 0.1) is 27.5 Å². The summed E-state index contributed by atoms with van der Waals surface area (Å²) >= 11 is 6.15. The van der Waals surface area contributed by atoms with Crippen LogP contribution in [0.1, 0.15) is 6.42 Å². The molecule has 2 amide bonds. The molecule has 5 aliphatic rings. The molecule has 4 aliphatic carbocycles. The number of rotatable bonds is 2. The van der Waals surface area contributed by atoms with Crippen LogP contribution in [0.4, 0.5) is 11.4 Å². The summed E-state index contributed by atoms with van der Waals surface area (Å²) < 4.78 is 0. The van der Waals surface area contributed by atoms with Crippen LogP contribution in [0.15, 0.2) is 30.4 Å². The standard InChI is InChI=1S/C17H13ClN2O4/c18-12-4-1-7(20(23)24)5-13(12)19-16(21)14-8-2-3-9(11-6-10(8)11)15(14)17(19)22/h1-5,8-11,14-15H,6H2/t8-,9-,10-,11+,14+,15+/m0/s1. The summed E-state index contributed by atoms with van der Waals surface area (Å²) in [5.74, 6) is 0.0391. The maximum absolute atomic E-state index is 13.0. The lowest BCUT2D eigenvalue weighted by Gasteiger charge is -2.37. The van der Waals surface area contributed by atoms with Crippen molar-refractivity contribution in [3.63, 3.8) is 0 Å². The molecule has 2 saturated carbocycles. The average Bonchev–Trinajstić information content (AvgIpc) is 3.33. The van der Waals surface area contributed by atoms with Crippen molar-refractivity contribution in [2.45, 2.75) is 6.42 Å². The van der Waals surface area contributed by atoms with Gasteiger partial charge >= 0.3 is 0 Å². The van der Waals surface area contributed by atoms with Crippen LogP contribution >= 0.6 is 11.6 Å². The normalized spacial score (nSPS) is 38.3. The highest BCUT2D eigenvalue weighted by molar-refractivity contribution is 6.36. The molecule has 3 fully saturated rings. The third-order valence-corrected chi connectivity index (χ3v) is 6.36. The van der Waals surface area contributed by atoms with Gasteiger partial charge in [-0.1, -0.05) is 23.8 Å². The van der Waals surface area contributed by atoms with Crippen molar-refractivity contribution in [2.75, 3.05) is 4.90 Å². The maximum atomic E-state index is 13.0. The smallest absolute Gasteiger partial charge is 0.271 e. The number of hydrogen-bond acceptors (Lipinski definition) is 4. The molecule has 0 N–H and O–H groups in total. The lowest BCUT2D eigenvalue weighted by molar-refractivity contribution is -0.384. The van der Waals surface area contributed by atoms with Crippen molar-refractivity contribution in [3.05, 3.63) is 45.5 Å². The van der Waals surface area contributed by atoms with Crippen LogP contribution in [0.5, 0.6) is 0 Å². The second-order valence-electron chi connectivity index (χ2n) is 7.06. The van der Waals surface area contributed by atoms with Gasteiger partial charge < -0.3 is 0 Å². The first kappa shape index (κ1) is 14.2. The van der Waals surface area contributed by atoms with Gasteiger partial charge in [-0.05, 0) is 36.2 Å². The Morgan fingerprint density at radius 2 is 1.67 bits per heavy atom. The first-order valence-electron chi connectivity index (χ1n) is 7.99. The third kappa shape index (κ3) is 1.61. The lowest BCUT2D eigenvalue weighted by atomic mass is 9.63. The molecule has 1 aliphatic heterocycles. The number of nitro groups is 1. The van der Waals surface area contributed by atoms with Crippen molar-refractivity contribution >= 4 is 34.8 Å². The largest absolute Gasteiger partial charge is 0.274 e. The van der Waals surface area contributed by atoms with Gasteiger partial charge in [-0.15, -0.1) is 0 Å². The predicted octanol–water partition coefficient (Wildman–Crippen LogP) is 2.81. The van der Waals surface area contributed by atoms with E-state index >= 15 is 0 Å². The van der Waals surface area contributed by atoms with Gasteiger partial charge in [0.2, 0.25) is 11.8 Å². The Hall–Kier alpha value is -2.21. The first-order valence-corrected chi connectivity index (χ1v) is 8.37. The number of non-ortho nitro benzene ring substituents is 1. The molecule has 122 valence electrons. The molecule has 7 heteroatoms. The van der Waals surface area contributed by atoms with Gasteiger partial charge in [-0.2, -0.15) is 0 Å². The summed E-state index contributed by atoms with van der Waals surface area (Å²) in [6.07, 6.45) is 5.26. The minimum absolute atomic E-state index is 0.115. The van der Waals surface area contributed by atoms with Gasteiger partial charge in [-0.3, -0.25) is 19.7 Å². The predicted molar refractivity (Wildman–Crippen MR) is 85.3 cm³/mol. The molecule has 1 aromatic rings. The fourth-order valence-electron chi connectivity index (χ4n) is 4.98. The molecule has 24 heavy (non-hydrogen) atoms. The van der Waals surface area contributed by atoms with E-state index in [9.17, 15) is 19.7 Å². The van der Waals surface area contributed by atoms with E-state index in [0.717, 1.165) is 11.3 Å². The molecular weight excluding hydrogens is 332 g/mol. The molecule has 0 radical (unpaired) electrons. The number of benzene rings is 1. The van der Waals surface area contributed by atoms with E-state index in [-0.39, 0.29) is 51.9 Å². The van der Waals surface area contributed by atoms with Crippen molar-refractivity contribution in [3.8, 4) is 0 Å².